The van der Waals surface area contributed by atoms with Crippen LogP contribution in [-0.4, -0.2) is 21.6 Å². The molecule has 1 amide bonds. The number of imidazole rings is 1. The van der Waals surface area contributed by atoms with Crippen LogP contribution in [0, 0.1) is 6.92 Å². The van der Waals surface area contributed by atoms with Gasteiger partial charge in [0.15, 0.2) is 5.16 Å². The summed E-state index contributed by atoms with van der Waals surface area (Å²) in [4.78, 5) is 19.7. The molecule has 2 aromatic carbocycles. The first-order chi connectivity index (χ1) is 10.6. The maximum Gasteiger partial charge on any atom is 0.234 e. The molecule has 2 N–H and O–H groups in total. The van der Waals surface area contributed by atoms with E-state index in [-0.39, 0.29) is 5.91 Å². The van der Waals surface area contributed by atoms with Crippen molar-refractivity contribution in [3.05, 3.63) is 52.5 Å². The van der Waals surface area contributed by atoms with Crippen LogP contribution in [0.1, 0.15) is 5.56 Å². The van der Waals surface area contributed by atoms with E-state index in [1.165, 1.54) is 11.8 Å². The van der Waals surface area contributed by atoms with E-state index in [2.05, 4.69) is 31.2 Å². The lowest BCUT2D eigenvalue weighted by molar-refractivity contribution is -0.113. The minimum absolute atomic E-state index is 0.0455. The van der Waals surface area contributed by atoms with E-state index >= 15 is 0 Å². The molecular weight excluding hydrogens is 362 g/mol. The molecule has 0 aliphatic carbocycles. The van der Waals surface area contributed by atoms with Crippen LogP contribution in [0.15, 0.2) is 52.1 Å². The maximum absolute atomic E-state index is 12.1. The molecule has 0 spiro atoms. The SMILES string of the molecule is Cc1cc(Br)ccc1NC(=O)CSc1nc2ccccc2[nH]1. The van der Waals surface area contributed by atoms with Gasteiger partial charge in [-0.25, -0.2) is 4.98 Å². The van der Waals surface area contributed by atoms with Crippen molar-refractivity contribution in [1.29, 1.82) is 0 Å². The van der Waals surface area contributed by atoms with Gasteiger partial charge in [-0.3, -0.25) is 4.79 Å². The van der Waals surface area contributed by atoms with Crippen LogP contribution < -0.4 is 5.32 Å². The summed E-state index contributed by atoms with van der Waals surface area (Å²) in [5, 5.41) is 3.67. The average molecular weight is 376 g/mol. The lowest BCUT2D eigenvalue weighted by atomic mass is 10.2. The number of halogens is 1. The van der Waals surface area contributed by atoms with Gasteiger partial charge in [-0.2, -0.15) is 0 Å². The van der Waals surface area contributed by atoms with Crippen molar-refractivity contribution in [3.8, 4) is 0 Å². The minimum Gasteiger partial charge on any atom is -0.333 e. The molecule has 0 aliphatic rings. The van der Waals surface area contributed by atoms with Gasteiger partial charge in [0, 0.05) is 10.2 Å². The van der Waals surface area contributed by atoms with Crippen LogP contribution in [0.3, 0.4) is 0 Å². The number of thioether (sulfide) groups is 1. The highest BCUT2D eigenvalue weighted by Crippen LogP contribution is 2.22. The van der Waals surface area contributed by atoms with Gasteiger partial charge in [0.2, 0.25) is 5.91 Å². The summed E-state index contributed by atoms with van der Waals surface area (Å²) in [6, 6.07) is 13.6. The Labute approximate surface area is 140 Å². The number of fused-ring (bicyclic) bond motifs is 1. The fourth-order valence-electron chi connectivity index (χ4n) is 2.09. The number of aromatic amines is 1. The number of aromatic nitrogens is 2. The largest absolute Gasteiger partial charge is 0.333 e. The molecular formula is C16H14BrN3OS. The number of rotatable bonds is 4. The minimum atomic E-state index is -0.0455. The molecule has 0 bridgehead atoms. The Morgan fingerprint density at radius 1 is 1.32 bits per heavy atom. The van der Waals surface area contributed by atoms with Gasteiger partial charge in [0.25, 0.3) is 0 Å². The van der Waals surface area contributed by atoms with Crippen LogP contribution in [0.25, 0.3) is 11.0 Å². The molecule has 3 aromatic rings. The maximum atomic E-state index is 12.1. The Balaban J connectivity index is 1.62. The molecule has 3 rings (SSSR count). The number of hydrogen-bond acceptors (Lipinski definition) is 3. The number of amides is 1. The van der Waals surface area contributed by atoms with Crippen molar-refractivity contribution >= 4 is 50.3 Å². The molecule has 0 atom stereocenters. The number of nitrogens with zero attached hydrogens (tertiary/aromatic N) is 1. The van der Waals surface area contributed by atoms with Crippen LogP contribution >= 0.6 is 27.7 Å². The number of hydrogen-bond donors (Lipinski definition) is 2. The van der Waals surface area contributed by atoms with Gasteiger partial charge < -0.3 is 10.3 Å². The first-order valence-corrected chi connectivity index (χ1v) is 8.53. The Kier molecular flexibility index (Phi) is 4.49. The van der Waals surface area contributed by atoms with Gasteiger partial charge in [-0.1, -0.05) is 39.8 Å². The number of para-hydroxylation sites is 2. The highest BCUT2D eigenvalue weighted by molar-refractivity contribution is 9.10. The number of nitrogens with one attached hydrogen (secondary N) is 2. The van der Waals surface area contributed by atoms with Gasteiger partial charge in [0.05, 0.1) is 16.8 Å². The molecule has 0 saturated heterocycles. The van der Waals surface area contributed by atoms with Gasteiger partial charge >= 0.3 is 0 Å². The Hall–Kier alpha value is -1.79. The number of carbonyl (C=O) groups excluding carboxylic acids is 1. The van der Waals surface area contributed by atoms with Crippen molar-refractivity contribution in [2.45, 2.75) is 12.1 Å². The Morgan fingerprint density at radius 2 is 2.14 bits per heavy atom. The highest BCUT2D eigenvalue weighted by atomic mass is 79.9. The second-order valence-electron chi connectivity index (χ2n) is 4.86. The molecule has 0 fully saturated rings. The number of H-pyrrole nitrogens is 1. The van der Waals surface area contributed by atoms with Crippen molar-refractivity contribution < 1.29 is 4.79 Å². The highest BCUT2D eigenvalue weighted by Gasteiger charge is 2.08. The van der Waals surface area contributed by atoms with Gasteiger partial charge in [-0.05, 0) is 42.8 Å². The second-order valence-corrected chi connectivity index (χ2v) is 6.73. The third kappa shape index (κ3) is 3.51. The first kappa shape index (κ1) is 15.1. The first-order valence-electron chi connectivity index (χ1n) is 6.75. The zero-order chi connectivity index (χ0) is 15.5. The predicted molar refractivity (Wildman–Crippen MR) is 94.3 cm³/mol. The number of carbonyl (C=O) groups is 1. The topological polar surface area (TPSA) is 57.8 Å². The molecule has 0 radical (unpaired) electrons. The van der Waals surface area contributed by atoms with E-state index in [0.717, 1.165) is 31.9 Å². The van der Waals surface area contributed by atoms with E-state index in [4.69, 9.17) is 0 Å². The van der Waals surface area contributed by atoms with E-state index in [1.54, 1.807) is 0 Å². The summed E-state index contributed by atoms with van der Waals surface area (Å²) in [7, 11) is 0. The summed E-state index contributed by atoms with van der Waals surface area (Å²) in [6.45, 7) is 1.97. The third-order valence-electron chi connectivity index (χ3n) is 3.17. The molecule has 0 aliphatic heterocycles. The lowest BCUT2D eigenvalue weighted by Crippen LogP contribution is -2.14. The number of anilines is 1. The summed E-state index contributed by atoms with van der Waals surface area (Å²) in [5.41, 5.74) is 3.75. The molecule has 1 aromatic heterocycles. The third-order valence-corrected chi connectivity index (χ3v) is 4.54. The van der Waals surface area contributed by atoms with Crippen molar-refractivity contribution in [1.82, 2.24) is 9.97 Å². The molecule has 0 unspecified atom stereocenters. The van der Waals surface area contributed by atoms with Crippen LogP contribution in [0.5, 0.6) is 0 Å². The molecule has 1 heterocycles. The quantitative estimate of drug-likeness (QED) is 0.665. The predicted octanol–water partition coefficient (Wildman–Crippen LogP) is 4.36. The standard InChI is InChI=1S/C16H14BrN3OS/c1-10-8-11(17)6-7-12(10)18-15(21)9-22-16-19-13-4-2-3-5-14(13)20-16/h2-8H,9H2,1H3,(H,18,21)(H,19,20). The van der Waals surface area contributed by atoms with E-state index < -0.39 is 0 Å². The van der Waals surface area contributed by atoms with E-state index in [0.29, 0.717) is 5.75 Å². The monoisotopic (exact) mass is 375 g/mol. The molecule has 0 saturated carbocycles. The normalized spacial score (nSPS) is 10.8. The molecule has 22 heavy (non-hydrogen) atoms. The summed E-state index contributed by atoms with van der Waals surface area (Å²) in [5.74, 6) is 0.269. The summed E-state index contributed by atoms with van der Waals surface area (Å²) >= 11 is 4.81. The number of benzene rings is 2. The molecule has 4 nitrogen and oxygen atoms in total. The lowest BCUT2D eigenvalue weighted by Gasteiger charge is -2.08. The Morgan fingerprint density at radius 3 is 2.91 bits per heavy atom. The Bertz CT molecular complexity index is 798. The number of aryl methyl sites for hydroxylation is 1. The van der Waals surface area contributed by atoms with Crippen LogP contribution in [-0.2, 0) is 4.79 Å². The zero-order valence-corrected chi connectivity index (χ0v) is 14.3. The van der Waals surface area contributed by atoms with Crippen molar-refractivity contribution in [2.24, 2.45) is 0 Å². The zero-order valence-electron chi connectivity index (χ0n) is 11.9. The van der Waals surface area contributed by atoms with Crippen LogP contribution in [0.4, 0.5) is 5.69 Å². The van der Waals surface area contributed by atoms with Crippen molar-refractivity contribution in [3.63, 3.8) is 0 Å². The van der Waals surface area contributed by atoms with Crippen LogP contribution in [0.2, 0.25) is 0 Å². The molecule has 112 valence electrons. The summed E-state index contributed by atoms with van der Waals surface area (Å²) in [6.07, 6.45) is 0. The fourth-order valence-corrected chi connectivity index (χ4v) is 3.25. The average Bonchev–Trinajstić information content (AvgIpc) is 2.91. The fraction of sp³-hybridized carbons (Fsp3) is 0.125. The smallest absolute Gasteiger partial charge is 0.234 e. The van der Waals surface area contributed by atoms with Crippen molar-refractivity contribution in [2.75, 3.05) is 11.1 Å². The van der Waals surface area contributed by atoms with E-state index in [1.807, 2.05) is 49.4 Å². The second kappa shape index (κ2) is 6.54. The van der Waals surface area contributed by atoms with Gasteiger partial charge in [-0.15, -0.1) is 0 Å². The molecule has 6 heteroatoms. The van der Waals surface area contributed by atoms with E-state index in [9.17, 15) is 4.79 Å². The summed E-state index contributed by atoms with van der Waals surface area (Å²) < 4.78 is 1.000. The van der Waals surface area contributed by atoms with Gasteiger partial charge in [0.1, 0.15) is 0 Å².